The number of ether oxygens (including phenoxy) is 1. The minimum atomic E-state index is -1.09. The van der Waals surface area contributed by atoms with Crippen LogP contribution in [0.3, 0.4) is 0 Å². The number of para-hydroxylation sites is 1. The average Bonchev–Trinajstić information content (AvgIpc) is 3.46. The van der Waals surface area contributed by atoms with Crippen molar-refractivity contribution in [3.05, 3.63) is 109 Å². The first-order valence-electron chi connectivity index (χ1n) is 14.7. The van der Waals surface area contributed by atoms with E-state index in [2.05, 4.69) is 17.4 Å². The number of nitrogens with one attached hydrogen (secondary N) is 1. The molecule has 0 spiro atoms. The summed E-state index contributed by atoms with van der Waals surface area (Å²) < 4.78 is 8.15. The fraction of sp³-hybridized carbons (Fsp3) is 0.353. The summed E-state index contributed by atoms with van der Waals surface area (Å²) in [6.45, 7) is 2.28. The number of aliphatic hydroxyl groups is 1. The van der Waals surface area contributed by atoms with Gasteiger partial charge in [0.15, 0.2) is 5.69 Å². The van der Waals surface area contributed by atoms with Crippen molar-refractivity contribution in [3.63, 3.8) is 0 Å². The predicted octanol–water partition coefficient (Wildman–Crippen LogP) is 5.13. The lowest BCUT2D eigenvalue weighted by Crippen LogP contribution is -2.54. The highest BCUT2D eigenvalue weighted by Crippen LogP contribution is 2.41. The maximum Gasteiger partial charge on any atom is 0.275 e. The van der Waals surface area contributed by atoms with Gasteiger partial charge in [-0.25, -0.2) is 4.98 Å². The van der Waals surface area contributed by atoms with Crippen molar-refractivity contribution < 1.29 is 14.6 Å². The molecule has 2 N–H and O–H groups in total. The molecule has 1 saturated carbocycles. The van der Waals surface area contributed by atoms with Gasteiger partial charge in [0.1, 0.15) is 18.0 Å². The molecule has 7 heteroatoms. The molecule has 6 rings (SSSR count). The lowest BCUT2D eigenvalue weighted by Gasteiger charge is -2.41. The normalized spacial score (nSPS) is 22.8. The standard InChI is InChI=1S/C34H38N4O3/c39-33(37-21-20-35-23-28(37)22-26-12-4-1-5-13-26)31-32(27-14-6-2-7-15-27)38(25-36-31)30-18-10-11-19-34(30,40)24-41-29-16-8-3-9-17-29/h1-9,12-17,25,28,30,35,40H,10-11,18-24H2/t28-,30?,34?/m1/s1. The number of rotatable bonds is 8. The third-order valence-corrected chi connectivity index (χ3v) is 8.49. The van der Waals surface area contributed by atoms with E-state index in [9.17, 15) is 9.90 Å². The molecule has 0 bridgehead atoms. The Hall–Kier alpha value is -3.94. The maximum absolute atomic E-state index is 14.3. The Morgan fingerprint density at radius 1 is 0.976 bits per heavy atom. The Balaban J connectivity index is 1.34. The van der Waals surface area contributed by atoms with Gasteiger partial charge in [-0.2, -0.15) is 0 Å². The summed E-state index contributed by atoms with van der Waals surface area (Å²) in [5.41, 5.74) is 2.23. The van der Waals surface area contributed by atoms with Gasteiger partial charge in [0.25, 0.3) is 5.91 Å². The molecule has 212 valence electrons. The van der Waals surface area contributed by atoms with E-state index < -0.39 is 5.60 Å². The number of hydrogen-bond donors (Lipinski definition) is 2. The highest BCUT2D eigenvalue weighted by Gasteiger charge is 2.43. The SMILES string of the molecule is O=C(c1ncn(C2CCCCC2(O)COc2ccccc2)c1-c1ccccc1)N1CCNC[C@H]1Cc1ccccc1. The molecule has 1 amide bonds. The van der Waals surface area contributed by atoms with Crippen molar-refractivity contribution in [2.24, 2.45) is 0 Å². The molecular formula is C34H38N4O3. The number of piperazine rings is 1. The van der Waals surface area contributed by atoms with Crippen molar-refractivity contribution >= 4 is 5.91 Å². The first-order chi connectivity index (χ1) is 20.1. The van der Waals surface area contributed by atoms with Crippen molar-refractivity contribution in [1.82, 2.24) is 19.8 Å². The summed E-state index contributed by atoms with van der Waals surface area (Å²) in [5.74, 6) is 0.670. The zero-order valence-corrected chi connectivity index (χ0v) is 23.4. The van der Waals surface area contributed by atoms with Gasteiger partial charge in [-0.15, -0.1) is 0 Å². The fourth-order valence-electron chi connectivity index (χ4n) is 6.36. The monoisotopic (exact) mass is 550 g/mol. The van der Waals surface area contributed by atoms with E-state index in [0.29, 0.717) is 18.7 Å². The van der Waals surface area contributed by atoms with Gasteiger partial charge in [0.2, 0.25) is 0 Å². The zero-order valence-electron chi connectivity index (χ0n) is 23.4. The van der Waals surface area contributed by atoms with Crippen LogP contribution in [-0.2, 0) is 6.42 Å². The third kappa shape index (κ3) is 5.92. The Labute approximate surface area is 241 Å². The molecular weight excluding hydrogens is 512 g/mol. The number of hydrogen-bond acceptors (Lipinski definition) is 5. The van der Waals surface area contributed by atoms with Crippen LogP contribution >= 0.6 is 0 Å². The lowest BCUT2D eigenvalue weighted by molar-refractivity contribution is -0.0718. The maximum atomic E-state index is 14.3. The molecule has 1 aliphatic heterocycles. The summed E-state index contributed by atoms with van der Waals surface area (Å²) in [7, 11) is 0. The topological polar surface area (TPSA) is 79.6 Å². The minimum absolute atomic E-state index is 0.0262. The molecule has 3 aromatic carbocycles. The van der Waals surface area contributed by atoms with Gasteiger partial charge in [0, 0.05) is 31.2 Å². The predicted molar refractivity (Wildman–Crippen MR) is 160 cm³/mol. The third-order valence-electron chi connectivity index (χ3n) is 8.49. The molecule has 4 aromatic rings. The molecule has 2 fully saturated rings. The first kappa shape index (κ1) is 27.2. The van der Waals surface area contributed by atoms with E-state index in [0.717, 1.165) is 55.8 Å². The number of amides is 1. The number of carbonyl (C=O) groups excluding carboxylic acids is 1. The second-order valence-electron chi connectivity index (χ2n) is 11.2. The lowest BCUT2D eigenvalue weighted by atomic mass is 9.80. The van der Waals surface area contributed by atoms with E-state index >= 15 is 0 Å². The second kappa shape index (κ2) is 12.3. The average molecular weight is 551 g/mol. The Morgan fingerprint density at radius 2 is 1.68 bits per heavy atom. The van der Waals surface area contributed by atoms with Crippen LogP contribution < -0.4 is 10.1 Å². The Morgan fingerprint density at radius 3 is 2.44 bits per heavy atom. The molecule has 2 unspecified atom stereocenters. The van der Waals surface area contributed by atoms with Crippen molar-refractivity contribution in [3.8, 4) is 17.0 Å². The van der Waals surface area contributed by atoms with Crippen molar-refractivity contribution in [2.75, 3.05) is 26.2 Å². The quantitative estimate of drug-likeness (QED) is 0.318. The van der Waals surface area contributed by atoms with Crippen molar-refractivity contribution in [1.29, 1.82) is 0 Å². The molecule has 2 heterocycles. The molecule has 3 atom stereocenters. The molecule has 7 nitrogen and oxygen atoms in total. The Bertz CT molecular complexity index is 1430. The van der Waals surface area contributed by atoms with E-state index in [4.69, 9.17) is 9.72 Å². The van der Waals surface area contributed by atoms with Gasteiger partial charge in [0.05, 0.1) is 18.1 Å². The molecule has 1 aliphatic carbocycles. The van der Waals surface area contributed by atoms with Crippen LogP contribution in [0.2, 0.25) is 0 Å². The summed E-state index contributed by atoms with van der Waals surface area (Å²) in [4.78, 5) is 21.0. The van der Waals surface area contributed by atoms with E-state index in [1.807, 2.05) is 88.3 Å². The first-order valence-corrected chi connectivity index (χ1v) is 14.7. The smallest absolute Gasteiger partial charge is 0.275 e. The highest BCUT2D eigenvalue weighted by atomic mass is 16.5. The number of nitrogens with zero attached hydrogens (tertiary/aromatic N) is 3. The van der Waals surface area contributed by atoms with E-state index in [1.165, 1.54) is 5.56 Å². The number of aromatic nitrogens is 2. The van der Waals surface area contributed by atoms with Gasteiger partial charge in [-0.1, -0.05) is 91.7 Å². The van der Waals surface area contributed by atoms with Crippen LogP contribution in [0.15, 0.2) is 97.3 Å². The van der Waals surface area contributed by atoms with Gasteiger partial charge in [-0.05, 0) is 37.0 Å². The highest BCUT2D eigenvalue weighted by molar-refractivity contribution is 5.98. The molecule has 2 aliphatic rings. The van der Waals surface area contributed by atoms with Gasteiger partial charge in [-0.3, -0.25) is 4.79 Å². The van der Waals surface area contributed by atoms with Gasteiger partial charge >= 0.3 is 0 Å². The van der Waals surface area contributed by atoms with Crippen molar-refractivity contribution in [2.45, 2.75) is 49.8 Å². The summed E-state index contributed by atoms with van der Waals surface area (Å²) >= 11 is 0. The number of carbonyl (C=O) groups is 1. The zero-order chi connectivity index (χ0) is 28.1. The fourth-order valence-corrected chi connectivity index (χ4v) is 6.36. The largest absolute Gasteiger partial charge is 0.491 e. The molecule has 0 radical (unpaired) electrons. The number of benzene rings is 3. The Kier molecular flexibility index (Phi) is 8.16. The van der Waals surface area contributed by atoms with E-state index in [-0.39, 0.29) is 24.6 Å². The van der Waals surface area contributed by atoms with Crippen LogP contribution in [0.25, 0.3) is 11.3 Å². The molecule has 41 heavy (non-hydrogen) atoms. The summed E-state index contributed by atoms with van der Waals surface area (Å²) in [6, 6.07) is 29.7. The second-order valence-corrected chi connectivity index (χ2v) is 11.2. The summed E-state index contributed by atoms with van der Waals surface area (Å²) in [6.07, 6.45) is 5.85. The minimum Gasteiger partial charge on any atom is -0.491 e. The van der Waals surface area contributed by atoms with Crippen LogP contribution in [0.4, 0.5) is 0 Å². The molecule has 1 saturated heterocycles. The van der Waals surface area contributed by atoms with Crippen LogP contribution in [0, 0.1) is 0 Å². The van der Waals surface area contributed by atoms with Crippen LogP contribution in [-0.4, -0.2) is 63.3 Å². The van der Waals surface area contributed by atoms with E-state index in [1.54, 1.807) is 6.33 Å². The molecule has 1 aromatic heterocycles. The van der Waals surface area contributed by atoms with Crippen LogP contribution in [0.5, 0.6) is 5.75 Å². The van der Waals surface area contributed by atoms with Gasteiger partial charge < -0.3 is 24.6 Å². The number of imidazole rings is 1. The summed E-state index contributed by atoms with van der Waals surface area (Å²) in [5, 5.41) is 15.5. The van der Waals surface area contributed by atoms with Crippen LogP contribution in [0.1, 0.15) is 47.8 Å².